The van der Waals surface area contributed by atoms with E-state index in [0.29, 0.717) is 13.0 Å². The van der Waals surface area contributed by atoms with Crippen LogP contribution in [0.1, 0.15) is 66.5 Å². The molecular formula is C26H31NO4. The number of hydrogen-bond acceptors (Lipinski definition) is 3. The summed E-state index contributed by atoms with van der Waals surface area (Å²) in [5, 5.41) is 12.0. The number of amides is 1. The first-order valence-corrected chi connectivity index (χ1v) is 10.5. The number of aliphatic carboxylic acids is 1. The van der Waals surface area contributed by atoms with Gasteiger partial charge in [0.2, 0.25) is 5.91 Å². The Morgan fingerprint density at radius 3 is 2.32 bits per heavy atom. The molecule has 0 bridgehead atoms. The molecule has 2 aromatic carbocycles. The average Bonchev–Trinajstić information content (AvgIpc) is 3.12. The first-order chi connectivity index (χ1) is 14.5. The molecule has 164 valence electrons. The van der Waals surface area contributed by atoms with E-state index in [-0.39, 0.29) is 17.2 Å². The summed E-state index contributed by atoms with van der Waals surface area (Å²) in [5.74, 6) is 0.0153. The van der Waals surface area contributed by atoms with Crippen LogP contribution in [0.5, 0.6) is 5.75 Å². The number of rotatable bonds is 5. The SMILES string of the molecule is Cc1c(C)c2c(c(C)c1NC(=O)CC(C)(C)C)C(c1ccc(C=CC(=O)O)cc1)CO2. The van der Waals surface area contributed by atoms with E-state index in [9.17, 15) is 9.59 Å². The Morgan fingerprint density at radius 1 is 1.10 bits per heavy atom. The van der Waals surface area contributed by atoms with Crippen molar-refractivity contribution in [3.05, 3.63) is 63.7 Å². The second-order valence-corrected chi connectivity index (χ2v) is 9.48. The Morgan fingerprint density at radius 2 is 1.74 bits per heavy atom. The second kappa shape index (κ2) is 8.58. The zero-order valence-electron chi connectivity index (χ0n) is 19.1. The zero-order valence-corrected chi connectivity index (χ0v) is 19.1. The van der Waals surface area contributed by atoms with Crippen molar-refractivity contribution in [1.29, 1.82) is 0 Å². The fraction of sp³-hybridized carbons (Fsp3) is 0.385. The second-order valence-electron chi connectivity index (χ2n) is 9.48. The van der Waals surface area contributed by atoms with Crippen molar-refractivity contribution >= 4 is 23.6 Å². The van der Waals surface area contributed by atoms with Gasteiger partial charge in [-0.25, -0.2) is 4.79 Å². The maximum absolute atomic E-state index is 12.7. The molecule has 2 aromatic rings. The molecule has 0 radical (unpaired) electrons. The Hall–Kier alpha value is -3.08. The Labute approximate surface area is 184 Å². The van der Waals surface area contributed by atoms with Crippen LogP contribution in [0, 0.1) is 26.2 Å². The monoisotopic (exact) mass is 421 g/mol. The highest BCUT2D eigenvalue weighted by Gasteiger charge is 2.32. The lowest BCUT2D eigenvalue weighted by Gasteiger charge is -2.22. The van der Waals surface area contributed by atoms with Crippen molar-refractivity contribution in [2.75, 3.05) is 11.9 Å². The maximum atomic E-state index is 12.7. The third-order valence-electron chi connectivity index (χ3n) is 5.76. The molecule has 1 amide bonds. The highest BCUT2D eigenvalue weighted by molar-refractivity contribution is 5.93. The predicted octanol–water partition coefficient (Wildman–Crippen LogP) is 5.61. The van der Waals surface area contributed by atoms with Gasteiger partial charge in [-0.1, -0.05) is 45.0 Å². The molecule has 0 saturated heterocycles. The molecule has 3 rings (SSSR count). The van der Waals surface area contributed by atoms with E-state index in [4.69, 9.17) is 9.84 Å². The summed E-state index contributed by atoms with van der Waals surface area (Å²) < 4.78 is 6.10. The van der Waals surface area contributed by atoms with Gasteiger partial charge in [0, 0.05) is 29.7 Å². The summed E-state index contributed by atoms with van der Waals surface area (Å²) >= 11 is 0. The number of anilines is 1. The van der Waals surface area contributed by atoms with Crippen molar-refractivity contribution < 1.29 is 19.4 Å². The van der Waals surface area contributed by atoms with E-state index in [1.807, 2.05) is 45.0 Å². The molecule has 0 fully saturated rings. The van der Waals surface area contributed by atoms with Crippen LogP contribution in [0.4, 0.5) is 5.69 Å². The van der Waals surface area contributed by atoms with Crippen LogP contribution in [0.3, 0.4) is 0 Å². The number of carboxylic acid groups (broad SMARTS) is 1. The van der Waals surface area contributed by atoms with Gasteiger partial charge in [-0.05, 0) is 60.1 Å². The fourth-order valence-corrected chi connectivity index (χ4v) is 4.12. The molecule has 1 unspecified atom stereocenters. The number of ether oxygens (including phenoxy) is 1. The number of hydrogen-bond donors (Lipinski definition) is 2. The van der Waals surface area contributed by atoms with Crippen LogP contribution in [0.15, 0.2) is 30.3 Å². The number of carbonyl (C=O) groups excluding carboxylic acids is 1. The first-order valence-electron chi connectivity index (χ1n) is 10.5. The van der Waals surface area contributed by atoms with Crippen LogP contribution in [-0.4, -0.2) is 23.6 Å². The van der Waals surface area contributed by atoms with Gasteiger partial charge in [0.1, 0.15) is 5.75 Å². The number of fused-ring (bicyclic) bond motifs is 1. The molecule has 0 aliphatic carbocycles. The average molecular weight is 422 g/mol. The molecule has 5 nitrogen and oxygen atoms in total. The van der Waals surface area contributed by atoms with Crippen LogP contribution in [0.2, 0.25) is 0 Å². The van der Waals surface area contributed by atoms with Gasteiger partial charge < -0.3 is 15.2 Å². The highest BCUT2D eigenvalue weighted by atomic mass is 16.5. The largest absolute Gasteiger partial charge is 0.492 e. The van der Waals surface area contributed by atoms with Crippen LogP contribution in [-0.2, 0) is 9.59 Å². The number of carboxylic acids is 1. The molecule has 1 aliphatic rings. The summed E-state index contributed by atoms with van der Waals surface area (Å²) in [4.78, 5) is 23.4. The van der Waals surface area contributed by atoms with Crippen LogP contribution in [0.25, 0.3) is 6.08 Å². The topological polar surface area (TPSA) is 75.6 Å². The van der Waals surface area contributed by atoms with Gasteiger partial charge in [-0.15, -0.1) is 0 Å². The molecule has 2 N–H and O–H groups in total. The Balaban J connectivity index is 1.96. The lowest BCUT2D eigenvalue weighted by molar-refractivity contribution is -0.131. The molecule has 0 saturated carbocycles. The minimum atomic E-state index is -0.968. The zero-order chi connectivity index (χ0) is 22.9. The quantitative estimate of drug-likeness (QED) is 0.616. The van der Waals surface area contributed by atoms with E-state index < -0.39 is 5.97 Å². The van der Waals surface area contributed by atoms with Crippen LogP contribution < -0.4 is 10.1 Å². The van der Waals surface area contributed by atoms with Gasteiger partial charge in [-0.2, -0.15) is 0 Å². The molecule has 1 aliphatic heterocycles. The third-order valence-corrected chi connectivity index (χ3v) is 5.76. The van der Waals surface area contributed by atoms with Gasteiger partial charge in [0.25, 0.3) is 0 Å². The normalized spacial score (nSPS) is 15.6. The molecule has 0 spiro atoms. The van der Waals surface area contributed by atoms with E-state index in [1.165, 1.54) is 0 Å². The number of nitrogens with one attached hydrogen (secondary N) is 1. The fourth-order valence-electron chi connectivity index (χ4n) is 4.12. The highest BCUT2D eigenvalue weighted by Crippen LogP contribution is 2.46. The van der Waals surface area contributed by atoms with Crippen LogP contribution >= 0.6 is 0 Å². The Bertz CT molecular complexity index is 1040. The maximum Gasteiger partial charge on any atom is 0.328 e. The number of carbonyl (C=O) groups is 2. The van der Waals surface area contributed by atoms with Crippen molar-refractivity contribution in [2.45, 2.75) is 53.9 Å². The third kappa shape index (κ3) is 4.98. The predicted molar refractivity (Wildman–Crippen MR) is 124 cm³/mol. The van der Waals surface area contributed by atoms with E-state index in [2.05, 4.69) is 26.1 Å². The number of benzene rings is 2. The lowest BCUT2D eigenvalue weighted by Crippen LogP contribution is -2.21. The van der Waals surface area contributed by atoms with Crippen molar-refractivity contribution in [3.63, 3.8) is 0 Å². The summed E-state index contributed by atoms with van der Waals surface area (Å²) in [6, 6.07) is 7.85. The summed E-state index contributed by atoms with van der Waals surface area (Å²) in [6.45, 7) is 12.8. The first kappa shape index (κ1) is 22.6. The van der Waals surface area contributed by atoms with Crippen molar-refractivity contribution in [3.8, 4) is 5.75 Å². The van der Waals surface area contributed by atoms with Gasteiger partial charge in [0.15, 0.2) is 0 Å². The lowest BCUT2D eigenvalue weighted by atomic mass is 9.86. The minimum absolute atomic E-state index is 0.0167. The van der Waals surface area contributed by atoms with Crippen molar-refractivity contribution in [1.82, 2.24) is 0 Å². The van der Waals surface area contributed by atoms with E-state index in [0.717, 1.165) is 50.9 Å². The molecule has 0 aromatic heterocycles. The minimum Gasteiger partial charge on any atom is -0.492 e. The molecular weight excluding hydrogens is 390 g/mol. The molecule has 1 heterocycles. The standard InChI is InChI=1S/C26H31NO4/c1-15-16(2)25-23(17(3)24(15)27-21(28)13-26(4,5)6)20(14-31-25)19-10-7-18(8-11-19)9-12-22(29)30/h7-12,20H,13-14H2,1-6H3,(H,27,28)(H,29,30). The van der Waals surface area contributed by atoms with E-state index in [1.54, 1.807) is 6.08 Å². The van der Waals surface area contributed by atoms with E-state index >= 15 is 0 Å². The Kier molecular flexibility index (Phi) is 6.25. The van der Waals surface area contributed by atoms with Crippen molar-refractivity contribution in [2.24, 2.45) is 5.41 Å². The molecule has 5 heteroatoms. The summed E-state index contributed by atoms with van der Waals surface area (Å²) in [6.07, 6.45) is 3.16. The van der Waals surface area contributed by atoms with Gasteiger partial charge in [0.05, 0.1) is 6.61 Å². The molecule has 1 atom stereocenters. The van der Waals surface area contributed by atoms with Gasteiger partial charge in [-0.3, -0.25) is 4.79 Å². The summed E-state index contributed by atoms with van der Waals surface area (Å²) in [5.41, 5.74) is 6.97. The smallest absolute Gasteiger partial charge is 0.328 e. The summed E-state index contributed by atoms with van der Waals surface area (Å²) in [7, 11) is 0. The molecule has 31 heavy (non-hydrogen) atoms. The van der Waals surface area contributed by atoms with Gasteiger partial charge >= 0.3 is 5.97 Å².